The van der Waals surface area contributed by atoms with E-state index in [0.717, 1.165) is 12.8 Å². The first-order chi connectivity index (χ1) is 11.4. The molecule has 0 fully saturated rings. The summed E-state index contributed by atoms with van der Waals surface area (Å²) in [5.74, 6) is 0. The van der Waals surface area contributed by atoms with Crippen molar-refractivity contribution in [2.75, 3.05) is 0 Å². The number of nitrogens with one attached hydrogen (secondary N) is 1. The van der Waals surface area contributed by atoms with Crippen molar-refractivity contribution in [2.24, 2.45) is 0 Å². The summed E-state index contributed by atoms with van der Waals surface area (Å²) in [4.78, 5) is 2.48. The van der Waals surface area contributed by atoms with Crippen molar-refractivity contribution in [1.82, 2.24) is 4.13 Å². The fraction of sp³-hybridized carbons (Fsp3) is 0.100. The first-order valence-electron chi connectivity index (χ1n) is 7.75. The molecule has 0 unspecified atom stereocenters. The molecule has 0 saturated carbocycles. The predicted octanol–water partition coefficient (Wildman–Crippen LogP) is 6.10. The third-order valence-electron chi connectivity index (χ3n) is 4.04. The van der Waals surface area contributed by atoms with E-state index in [9.17, 15) is 0 Å². The number of fused-ring (bicyclic) bond motifs is 2. The Bertz CT molecular complexity index is 870. The summed E-state index contributed by atoms with van der Waals surface area (Å²) >= 11 is 3.33. The average Bonchev–Trinajstić information content (AvgIpc) is 2.61. The molecular formula is C20H17NS2. The number of rotatable bonds is 4. The molecule has 114 valence electrons. The van der Waals surface area contributed by atoms with Gasteiger partial charge in [-0.3, -0.25) is 0 Å². The van der Waals surface area contributed by atoms with E-state index >= 15 is 0 Å². The van der Waals surface area contributed by atoms with Crippen LogP contribution in [0.25, 0.3) is 16.8 Å². The van der Waals surface area contributed by atoms with E-state index in [1.165, 1.54) is 31.7 Å². The first-order valence-corrected chi connectivity index (χ1v) is 9.39. The zero-order chi connectivity index (χ0) is 15.5. The summed E-state index contributed by atoms with van der Waals surface area (Å²) in [6.07, 6.45) is 6.82. The Morgan fingerprint density at radius 1 is 0.783 bits per heavy atom. The van der Waals surface area contributed by atoms with Gasteiger partial charge in [0.15, 0.2) is 0 Å². The largest absolute Gasteiger partial charge is 0.199 e. The molecule has 0 amide bonds. The standard InChI is InChI=1S/C20H17NS2/c1-3-7-17-13-19(11-9-15(17)5-1)22-21-23-20-12-10-16-6-2-4-8-18(16)14-20/h1,3-5,7-14,21H,2,6H2. The van der Waals surface area contributed by atoms with Crippen molar-refractivity contribution in [3.8, 4) is 0 Å². The predicted molar refractivity (Wildman–Crippen MR) is 103 cm³/mol. The Labute approximate surface area is 145 Å². The number of allylic oxidation sites excluding steroid dienone is 1. The molecule has 0 atom stereocenters. The molecule has 3 aromatic rings. The molecule has 0 heterocycles. The van der Waals surface area contributed by atoms with Gasteiger partial charge in [0, 0.05) is 9.79 Å². The van der Waals surface area contributed by atoms with Crippen molar-refractivity contribution in [1.29, 1.82) is 0 Å². The lowest BCUT2D eigenvalue weighted by molar-refractivity contribution is 0.981. The Morgan fingerprint density at radius 3 is 2.48 bits per heavy atom. The van der Waals surface area contributed by atoms with Gasteiger partial charge in [-0.15, -0.1) is 0 Å². The fourth-order valence-electron chi connectivity index (χ4n) is 2.82. The van der Waals surface area contributed by atoms with E-state index < -0.39 is 0 Å². The normalized spacial score (nSPS) is 13.2. The monoisotopic (exact) mass is 335 g/mol. The quantitative estimate of drug-likeness (QED) is 0.578. The molecule has 23 heavy (non-hydrogen) atoms. The van der Waals surface area contributed by atoms with Gasteiger partial charge in [-0.25, -0.2) is 0 Å². The first kappa shape index (κ1) is 14.9. The van der Waals surface area contributed by atoms with Gasteiger partial charge < -0.3 is 0 Å². The summed E-state index contributed by atoms with van der Waals surface area (Å²) in [6.45, 7) is 0. The van der Waals surface area contributed by atoms with Gasteiger partial charge in [-0.2, -0.15) is 4.13 Å². The minimum atomic E-state index is 1.16. The molecule has 1 N–H and O–H groups in total. The number of benzene rings is 3. The van der Waals surface area contributed by atoms with Crippen LogP contribution in [-0.2, 0) is 6.42 Å². The van der Waals surface area contributed by atoms with Crippen LogP contribution >= 0.6 is 23.9 Å². The van der Waals surface area contributed by atoms with Crippen molar-refractivity contribution in [3.63, 3.8) is 0 Å². The third-order valence-corrected chi connectivity index (χ3v) is 5.68. The smallest absolute Gasteiger partial charge is 0.0242 e. The van der Waals surface area contributed by atoms with E-state index in [-0.39, 0.29) is 0 Å². The van der Waals surface area contributed by atoms with Gasteiger partial charge in [0.25, 0.3) is 0 Å². The lowest BCUT2D eigenvalue weighted by Crippen LogP contribution is -1.95. The topological polar surface area (TPSA) is 12.0 Å². The number of hydrogen-bond acceptors (Lipinski definition) is 3. The van der Waals surface area contributed by atoms with Crippen LogP contribution in [0, 0.1) is 0 Å². The summed E-state index contributed by atoms with van der Waals surface area (Å²) in [6, 6.07) is 21.7. The molecule has 1 nitrogen and oxygen atoms in total. The Morgan fingerprint density at radius 2 is 1.57 bits per heavy atom. The van der Waals surface area contributed by atoms with Crippen LogP contribution in [-0.4, -0.2) is 0 Å². The zero-order valence-corrected chi connectivity index (χ0v) is 14.3. The maximum absolute atomic E-state index is 3.40. The zero-order valence-electron chi connectivity index (χ0n) is 12.7. The SMILES string of the molecule is C1=Cc2cc(SNSc3ccc4ccccc4c3)ccc2CC1. The lowest BCUT2D eigenvalue weighted by Gasteiger charge is -2.11. The maximum atomic E-state index is 3.40. The van der Waals surface area contributed by atoms with E-state index in [2.05, 4.69) is 76.9 Å². The Hall–Kier alpha value is -1.68. The highest BCUT2D eigenvalue weighted by atomic mass is 32.2. The molecule has 0 saturated heterocycles. The highest BCUT2D eigenvalue weighted by molar-refractivity contribution is 8.12. The maximum Gasteiger partial charge on any atom is 0.0242 e. The van der Waals surface area contributed by atoms with Gasteiger partial charge >= 0.3 is 0 Å². The molecule has 3 heteroatoms. The second kappa shape index (κ2) is 6.83. The third kappa shape index (κ3) is 3.47. The van der Waals surface area contributed by atoms with Crippen LogP contribution in [0.5, 0.6) is 0 Å². The summed E-state index contributed by atoms with van der Waals surface area (Å²) < 4.78 is 3.40. The summed E-state index contributed by atoms with van der Waals surface area (Å²) in [5.41, 5.74) is 2.82. The van der Waals surface area contributed by atoms with Crippen molar-refractivity contribution < 1.29 is 0 Å². The van der Waals surface area contributed by atoms with Crippen LogP contribution < -0.4 is 4.13 Å². The number of hydrogen-bond donors (Lipinski definition) is 1. The van der Waals surface area contributed by atoms with Gasteiger partial charge in [0.05, 0.1) is 0 Å². The average molecular weight is 335 g/mol. The molecule has 0 aliphatic heterocycles. The molecule has 3 aromatic carbocycles. The highest BCUT2D eigenvalue weighted by Crippen LogP contribution is 2.28. The molecular weight excluding hydrogens is 318 g/mol. The van der Waals surface area contributed by atoms with Crippen molar-refractivity contribution in [2.45, 2.75) is 22.6 Å². The lowest BCUT2D eigenvalue weighted by atomic mass is 9.98. The summed E-state index contributed by atoms with van der Waals surface area (Å²) in [5, 5.41) is 2.56. The Kier molecular flexibility index (Phi) is 4.42. The van der Waals surface area contributed by atoms with E-state index in [0.29, 0.717) is 0 Å². The molecule has 1 aliphatic rings. The molecule has 0 bridgehead atoms. The second-order valence-corrected chi connectivity index (χ2v) is 7.62. The highest BCUT2D eigenvalue weighted by Gasteiger charge is 2.05. The molecule has 4 rings (SSSR count). The molecule has 0 spiro atoms. The van der Waals surface area contributed by atoms with E-state index in [4.69, 9.17) is 0 Å². The number of aryl methyl sites for hydroxylation is 1. The molecule has 1 aliphatic carbocycles. The van der Waals surface area contributed by atoms with Crippen LogP contribution in [0.4, 0.5) is 0 Å². The van der Waals surface area contributed by atoms with Crippen LogP contribution in [0.15, 0.2) is 76.5 Å². The van der Waals surface area contributed by atoms with Crippen LogP contribution in [0.3, 0.4) is 0 Å². The van der Waals surface area contributed by atoms with Gasteiger partial charge in [-0.1, -0.05) is 48.6 Å². The molecule has 0 radical (unpaired) electrons. The van der Waals surface area contributed by atoms with Gasteiger partial charge in [-0.05, 0) is 82.9 Å². The van der Waals surface area contributed by atoms with Crippen molar-refractivity contribution >= 4 is 40.7 Å². The van der Waals surface area contributed by atoms with Crippen LogP contribution in [0.2, 0.25) is 0 Å². The molecule has 0 aromatic heterocycles. The second-order valence-electron chi connectivity index (χ2n) is 5.60. The summed E-state index contributed by atoms with van der Waals surface area (Å²) in [7, 11) is 0. The van der Waals surface area contributed by atoms with E-state index in [1.54, 1.807) is 23.9 Å². The fourth-order valence-corrected chi connectivity index (χ4v) is 4.40. The van der Waals surface area contributed by atoms with Gasteiger partial charge in [0.1, 0.15) is 0 Å². The van der Waals surface area contributed by atoms with Gasteiger partial charge in [0.2, 0.25) is 0 Å². The Balaban J connectivity index is 1.42. The minimum absolute atomic E-state index is 1.16. The minimum Gasteiger partial charge on any atom is -0.199 e. The van der Waals surface area contributed by atoms with Crippen molar-refractivity contribution in [3.05, 3.63) is 77.9 Å². The van der Waals surface area contributed by atoms with E-state index in [1.807, 2.05) is 0 Å². The van der Waals surface area contributed by atoms with Crippen LogP contribution in [0.1, 0.15) is 17.5 Å².